The van der Waals surface area contributed by atoms with Gasteiger partial charge in [-0.05, 0) is 6.08 Å². The fraction of sp³-hybridized carbons (Fsp3) is 0.556. The van der Waals surface area contributed by atoms with Crippen LogP contribution in [0.2, 0.25) is 0 Å². The molecule has 1 rings (SSSR count). The molecule has 0 aromatic carbocycles. The van der Waals surface area contributed by atoms with E-state index in [2.05, 4.69) is 5.32 Å². The number of carbonyl (C=O) groups excluding carboxylic acids is 2. The van der Waals surface area contributed by atoms with Crippen LogP contribution in [0.3, 0.4) is 0 Å². The van der Waals surface area contributed by atoms with Gasteiger partial charge in [0.1, 0.15) is 0 Å². The molecule has 1 heterocycles. The van der Waals surface area contributed by atoms with Crippen LogP contribution in [0.15, 0.2) is 11.8 Å². The topological polar surface area (TPSA) is 64.6 Å². The molecule has 1 N–H and O–H groups in total. The first kappa shape index (κ1) is 10.7. The average molecular weight is 199 g/mol. The predicted octanol–water partition coefficient (Wildman–Crippen LogP) is -0.0333. The molecular formula is C9H13NO4. The van der Waals surface area contributed by atoms with Crippen LogP contribution < -0.4 is 5.32 Å². The van der Waals surface area contributed by atoms with Gasteiger partial charge in [-0.1, -0.05) is 0 Å². The quantitative estimate of drug-likeness (QED) is 0.648. The standard InChI is InChI=1S/C9H13NO4/c1-6(12)10-7-3-8(5-11)14-9(4-7)13-2/h3,5,7,9H,4H2,1-2H3,(H,10,12)/t7-,9-/m1/s1. The van der Waals surface area contributed by atoms with Gasteiger partial charge in [-0.2, -0.15) is 0 Å². The van der Waals surface area contributed by atoms with Crippen LogP contribution in [-0.4, -0.2) is 31.6 Å². The van der Waals surface area contributed by atoms with Crippen molar-refractivity contribution in [1.82, 2.24) is 5.32 Å². The number of hydrogen-bond donors (Lipinski definition) is 1. The smallest absolute Gasteiger partial charge is 0.217 e. The minimum atomic E-state index is -0.475. The van der Waals surface area contributed by atoms with Gasteiger partial charge in [-0.3, -0.25) is 9.59 Å². The lowest BCUT2D eigenvalue weighted by atomic mass is 10.1. The Kier molecular flexibility index (Phi) is 3.64. The van der Waals surface area contributed by atoms with Gasteiger partial charge in [0.2, 0.25) is 12.2 Å². The van der Waals surface area contributed by atoms with Gasteiger partial charge < -0.3 is 14.8 Å². The normalized spacial score (nSPS) is 26.0. The largest absolute Gasteiger partial charge is 0.462 e. The van der Waals surface area contributed by atoms with Gasteiger partial charge >= 0.3 is 0 Å². The second-order valence-electron chi connectivity index (χ2n) is 3.01. The second-order valence-corrected chi connectivity index (χ2v) is 3.01. The Labute approximate surface area is 82.1 Å². The number of carbonyl (C=O) groups is 2. The van der Waals surface area contributed by atoms with Crippen LogP contribution in [0.4, 0.5) is 0 Å². The number of methoxy groups -OCH3 is 1. The molecule has 5 heteroatoms. The summed E-state index contributed by atoms with van der Waals surface area (Å²) in [4.78, 5) is 21.3. The summed E-state index contributed by atoms with van der Waals surface area (Å²) in [6, 6.07) is -0.202. The third-order valence-corrected chi connectivity index (χ3v) is 1.85. The molecule has 0 saturated heterocycles. The maximum absolute atomic E-state index is 10.8. The molecule has 0 bridgehead atoms. The molecule has 0 aromatic rings. The minimum absolute atomic E-state index is 0.145. The van der Waals surface area contributed by atoms with Gasteiger partial charge in [0.15, 0.2) is 12.0 Å². The predicted molar refractivity (Wildman–Crippen MR) is 48.3 cm³/mol. The number of hydrogen-bond acceptors (Lipinski definition) is 4. The van der Waals surface area contributed by atoms with Crippen molar-refractivity contribution in [2.24, 2.45) is 0 Å². The number of aldehydes is 1. The van der Waals surface area contributed by atoms with Crippen molar-refractivity contribution in [3.8, 4) is 0 Å². The van der Waals surface area contributed by atoms with E-state index in [1.54, 1.807) is 6.08 Å². The van der Waals surface area contributed by atoms with E-state index in [1.165, 1.54) is 14.0 Å². The Hall–Kier alpha value is -1.36. The summed E-state index contributed by atoms with van der Waals surface area (Å²) in [6.07, 6.45) is 2.20. The van der Waals surface area contributed by atoms with Crippen LogP contribution >= 0.6 is 0 Å². The molecule has 1 aliphatic heterocycles. The van der Waals surface area contributed by atoms with Crippen molar-refractivity contribution in [3.05, 3.63) is 11.8 Å². The van der Waals surface area contributed by atoms with Crippen LogP contribution in [-0.2, 0) is 19.1 Å². The van der Waals surface area contributed by atoms with Crippen molar-refractivity contribution in [1.29, 1.82) is 0 Å². The summed E-state index contributed by atoms with van der Waals surface area (Å²) in [6.45, 7) is 1.42. The molecule has 14 heavy (non-hydrogen) atoms. The maximum atomic E-state index is 10.8. The lowest BCUT2D eigenvalue weighted by Gasteiger charge is -2.26. The molecule has 0 aliphatic carbocycles. The minimum Gasteiger partial charge on any atom is -0.462 e. The lowest BCUT2D eigenvalue weighted by molar-refractivity contribution is -0.131. The highest BCUT2D eigenvalue weighted by Gasteiger charge is 2.23. The third kappa shape index (κ3) is 2.85. The fourth-order valence-corrected chi connectivity index (χ4v) is 1.29. The van der Waals surface area contributed by atoms with E-state index in [0.717, 1.165) is 0 Å². The van der Waals surface area contributed by atoms with Crippen molar-refractivity contribution in [2.75, 3.05) is 7.11 Å². The van der Waals surface area contributed by atoms with E-state index < -0.39 is 6.29 Å². The molecule has 1 amide bonds. The first-order valence-corrected chi connectivity index (χ1v) is 4.29. The van der Waals surface area contributed by atoms with Crippen LogP contribution in [0, 0.1) is 0 Å². The van der Waals surface area contributed by atoms with Crippen LogP contribution in [0.25, 0.3) is 0 Å². The number of nitrogens with one attached hydrogen (secondary N) is 1. The van der Waals surface area contributed by atoms with E-state index in [9.17, 15) is 9.59 Å². The number of rotatable bonds is 3. The Balaban J connectivity index is 2.66. The van der Waals surface area contributed by atoms with Crippen molar-refractivity contribution in [2.45, 2.75) is 25.7 Å². The maximum Gasteiger partial charge on any atom is 0.217 e. The Morgan fingerprint density at radius 1 is 1.79 bits per heavy atom. The van der Waals surface area contributed by atoms with Gasteiger partial charge in [-0.25, -0.2) is 0 Å². The van der Waals surface area contributed by atoms with Gasteiger partial charge in [-0.15, -0.1) is 0 Å². The SMILES string of the molecule is CO[C@H]1C[C@H](NC(C)=O)C=C(C=O)O1. The zero-order valence-corrected chi connectivity index (χ0v) is 8.15. The second kappa shape index (κ2) is 4.76. The summed E-state index contributed by atoms with van der Waals surface area (Å²) in [5, 5.41) is 2.68. The van der Waals surface area contributed by atoms with E-state index in [0.29, 0.717) is 12.7 Å². The molecule has 0 saturated carbocycles. The average Bonchev–Trinajstić information content (AvgIpc) is 2.16. The molecule has 0 unspecified atom stereocenters. The zero-order chi connectivity index (χ0) is 10.6. The summed E-state index contributed by atoms with van der Waals surface area (Å²) in [7, 11) is 1.49. The molecule has 1 aliphatic rings. The van der Waals surface area contributed by atoms with Crippen molar-refractivity contribution < 1.29 is 19.1 Å². The third-order valence-electron chi connectivity index (χ3n) is 1.85. The first-order valence-electron chi connectivity index (χ1n) is 4.29. The summed E-state index contributed by atoms with van der Waals surface area (Å²) in [5.74, 6) is 0.0510. The molecule has 2 atom stereocenters. The monoisotopic (exact) mass is 199 g/mol. The summed E-state index contributed by atoms with van der Waals surface area (Å²) >= 11 is 0. The number of amides is 1. The number of allylic oxidation sites excluding steroid dienone is 1. The van der Waals surface area contributed by atoms with Crippen molar-refractivity contribution in [3.63, 3.8) is 0 Å². The molecule has 5 nitrogen and oxygen atoms in total. The highest BCUT2D eigenvalue weighted by atomic mass is 16.7. The Morgan fingerprint density at radius 3 is 3.00 bits per heavy atom. The molecule has 0 spiro atoms. The van der Waals surface area contributed by atoms with Crippen LogP contribution in [0.5, 0.6) is 0 Å². The van der Waals surface area contributed by atoms with Gasteiger partial charge in [0.25, 0.3) is 0 Å². The lowest BCUT2D eigenvalue weighted by Crippen LogP contribution is -2.38. The number of ether oxygens (including phenoxy) is 2. The van der Waals surface area contributed by atoms with Crippen LogP contribution in [0.1, 0.15) is 13.3 Å². The summed E-state index contributed by atoms with van der Waals surface area (Å²) < 4.78 is 10.1. The van der Waals surface area contributed by atoms with Gasteiger partial charge in [0.05, 0.1) is 6.04 Å². The first-order chi connectivity index (χ1) is 6.65. The molecule has 0 aromatic heterocycles. The van der Waals surface area contributed by atoms with Crippen molar-refractivity contribution >= 4 is 12.2 Å². The van der Waals surface area contributed by atoms with E-state index >= 15 is 0 Å². The highest BCUT2D eigenvalue weighted by molar-refractivity contribution is 5.74. The van der Waals surface area contributed by atoms with Gasteiger partial charge in [0, 0.05) is 20.5 Å². The summed E-state index contributed by atoms with van der Waals surface area (Å²) in [5.41, 5.74) is 0. The van der Waals surface area contributed by atoms with E-state index in [4.69, 9.17) is 9.47 Å². The zero-order valence-electron chi connectivity index (χ0n) is 8.15. The molecular weight excluding hydrogens is 186 g/mol. The van der Waals surface area contributed by atoms with E-state index in [1.807, 2.05) is 0 Å². The molecule has 0 radical (unpaired) electrons. The molecule has 0 fully saturated rings. The highest BCUT2D eigenvalue weighted by Crippen LogP contribution is 2.16. The Bertz CT molecular complexity index is 262. The Morgan fingerprint density at radius 2 is 2.50 bits per heavy atom. The fourth-order valence-electron chi connectivity index (χ4n) is 1.29. The molecule has 78 valence electrons. The van der Waals surface area contributed by atoms with E-state index in [-0.39, 0.29) is 17.7 Å².